The number of benzene rings is 1. The molecule has 11 nitrogen and oxygen atoms in total. The maximum absolute atomic E-state index is 13.8. The second kappa shape index (κ2) is 10.5. The number of carbonyl (C=O) groups excluding carboxylic acids is 2. The number of nitrogens with zero attached hydrogens (tertiary/aromatic N) is 6. The van der Waals surface area contributed by atoms with E-state index < -0.39 is 5.91 Å². The molecular weight excluding hydrogens is 606 g/mol. The summed E-state index contributed by atoms with van der Waals surface area (Å²) in [6.45, 7) is 3.11. The van der Waals surface area contributed by atoms with E-state index in [9.17, 15) is 14.7 Å². The highest BCUT2D eigenvalue weighted by atomic mass is 16.5. The van der Waals surface area contributed by atoms with Crippen LogP contribution < -0.4 is 10.5 Å². The smallest absolute Gasteiger partial charge is 0.276 e. The number of methoxy groups -OCH3 is 1. The van der Waals surface area contributed by atoms with Gasteiger partial charge in [0, 0.05) is 54.7 Å². The van der Waals surface area contributed by atoms with Crippen molar-refractivity contribution in [2.75, 3.05) is 13.7 Å². The lowest BCUT2D eigenvalue weighted by Gasteiger charge is -2.27. The van der Waals surface area contributed by atoms with Crippen molar-refractivity contribution in [2.45, 2.75) is 57.2 Å². The van der Waals surface area contributed by atoms with Gasteiger partial charge in [-0.1, -0.05) is 12.2 Å². The number of hydrogen-bond acceptors (Lipinski definition) is 7. The molecule has 0 radical (unpaired) electrons. The maximum atomic E-state index is 13.8. The van der Waals surface area contributed by atoms with Crippen molar-refractivity contribution in [3.8, 4) is 17.3 Å². The molecule has 2 saturated carbocycles. The third-order valence-electron chi connectivity index (χ3n) is 11.0. The molecule has 3 aliphatic carbocycles. The Hall–Kier alpha value is -5.03. The molecule has 0 spiro atoms. The van der Waals surface area contributed by atoms with Gasteiger partial charge < -0.3 is 29.6 Å². The van der Waals surface area contributed by atoms with Crippen LogP contribution >= 0.6 is 0 Å². The number of ether oxygens (including phenoxy) is 1. The lowest BCUT2D eigenvalue weighted by molar-refractivity contribution is -0.114. The van der Waals surface area contributed by atoms with Crippen molar-refractivity contribution in [1.82, 2.24) is 24.0 Å². The van der Waals surface area contributed by atoms with Crippen LogP contribution in [0.4, 0.5) is 0 Å². The molecule has 1 saturated heterocycles. The Kier molecular flexibility index (Phi) is 6.36. The number of rotatable bonds is 6. The van der Waals surface area contributed by atoms with Crippen LogP contribution in [0.5, 0.6) is 5.75 Å². The number of hydrogen-bond donors (Lipinski definition) is 2. The van der Waals surface area contributed by atoms with Gasteiger partial charge in [0.25, 0.3) is 11.8 Å². The lowest BCUT2D eigenvalue weighted by atomic mass is 9.89. The van der Waals surface area contributed by atoms with Crippen LogP contribution in [-0.2, 0) is 18.4 Å². The van der Waals surface area contributed by atoms with Crippen LogP contribution in [0.15, 0.2) is 70.5 Å². The fourth-order valence-corrected chi connectivity index (χ4v) is 8.11. The number of nitrogens with two attached hydrogens (primary N) is 1. The van der Waals surface area contributed by atoms with E-state index in [1.807, 2.05) is 46.9 Å². The number of aliphatic hydroxyl groups is 1. The minimum atomic E-state index is -0.418. The van der Waals surface area contributed by atoms with Crippen LogP contribution in [0.1, 0.15) is 54.6 Å². The zero-order valence-corrected chi connectivity index (χ0v) is 27.2. The van der Waals surface area contributed by atoms with E-state index in [1.165, 1.54) is 12.8 Å². The first-order valence-electron chi connectivity index (χ1n) is 16.8. The van der Waals surface area contributed by atoms with Crippen molar-refractivity contribution < 1.29 is 19.4 Å². The number of imidazole rings is 1. The molecule has 2 aliphatic heterocycles. The van der Waals surface area contributed by atoms with E-state index in [2.05, 4.69) is 21.7 Å². The molecule has 3 unspecified atom stereocenters. The van der Waals surface area contributed by atoms with E-state index in [4.69, 9.17) is 20.4 Å². The number of aromatic nitrogens is 4. The minimum absolute atomic E-state index is 0.0199. The molecule has 2 amide bonds. The number of pyridine rings is 1. The molecule has 4 atom stereocenters. The fourth-order valence-electron chi connectivity index (χ4n) is 8.11. The Morgan fingerprint density at radius 3 is 2.69 bits per heavy atom. The average Bonchev–Trinajstić information content (AvgIpc) is 3.50. The number of likely N-dealkylation sites (tertiary alicyclic amines) is 1. The number of piperidine rings is 1. The number of aliphatic imine (C=N–C) groups is 1. The SMILES string of the molecule is COc1cc(C(=O)N2CC3CCC2[C@@H]3N)cc2nc(-c3cc4ccc(C5C=CC6=NC(=O)C(C)=C(O)C6=C5)nc4n3CC3CC3)n(C)c12. The number of carbonyl (C=O) groups is 2. The van der Waals surface area contributed by atoms with Gasteiger partial charge in [-0.15, -0.1) is 0 Å². The highest BCUT2D eigenvalue weighted by Crippen LogP contribution is 2.41. The van der Waals surface area contributed by atoms with Crippen molar-refractivity contribution >= 4 is 39.6 Å². The predicted molar refractivity (Wildman–Crippen MR) is 182 cm³/mol. The Balaban J connectivity index is 1.13. The quantitative estimate of drug-likeness (QED) is 0.303. The Labute approximate surface area is 277 Å². The van der Waals surface area contributed by atoms with E-state index >= 15 is 0 Å². The molecule has 9 rings (SSSR count). The minimum Gasteiger partial charge on any atom is -0.507 e. The molecule has 1 aromatic carbocycles. The fraction of sp³-hybridized carbons (Fsp3) is 0.378. The molecule has 48 heavy (non-hydrogen) atoms. The zero-order valence-electron chi connectivity index (χ0n) is 27.2. The highest BCUT2D eigenvalue weighted by Gasteiger charge is 2.47. The van der Waals surface area contributed by atoms with E-state index in [-0.39, 0.29) is 35.2 Å². The van der Waals surface area contributed by atoms with Crippen molar-refractivity contribution in [1.29, 1.82) is 0 Å². The summed E-state index contributed by atoms with van der Waals surface area (Å²) in [6, 6.07) is 10.1. The van der Waals surface area contributed by atoms with Crippen LogP contribution in [0.25, 0.3) is 33.6 Å². The molecule has 5 aliphatic rings. The second-order valence-electron chi connectivity index (χ2n) is 14.0. The third-order valence-corrected chi connectivity index (χ3v) is 11.0. The van der Waals surface area contributed by atoms with E-state index in [1.54, 1.807) is 20.1 Å². The number of amides is 2. The first-order valence-corrected chi connectivity index (χ1v) is 16.8. The van der Waals surface area contributed by atoms with Gasteiger partial charge in [0.2, 0.25) is 0 Å². The number of aliphatic hydroxyl groups excluding tert-OH is 1. The van der Waals surface area contributed by atoms with Gasteiger partial charge in [0.15, 0.2) is 5.82 Å². The van der Waals surface area contributed by atoms with Crippen LogP contribution in [0.3, 0.4) is 0 Å². The Morgan fingerprint density at radius 1 is 1.12 bits per heavy atom. The molecule has 3 fully saturated rings. The number of allylic oxidation sites excluding steroid dienone is 4. The van der Waals surface area contributed by atoms with Crippen molar-refractivity contribution in [3.05, 3.63) is 76.7 Å². The summed E-state index contributed by atoms with van der Waals surface area (Å²) in [5, 5.41) is 11.7. The number of dihydropyridines is 1. The van der Waals surface area contributed by atoms with Gasteiger partial charge in [-0.2, -0.15) is 0 Å². The largest absolute Gasteiger partial charge is 0.507 e. The van der Waals surface area contributed by atoms with Gasteiger partial charge in [-0.05, 0) is 80.9 Å². The second-order valence-corrected chi connectivity index (χ2v) is 14.0. The number of fused-ring (bicyclic) bond motifs is 5. The first-order chi connectivity index (χ1) is 23.2. The van der Waals surface area contributed by atoms with E-state index in [0.717, 1.165) is 53.1 Å². The summed E-state index contributed by atoms with van der Waals surface area (Å²) in [7, 11) is 3.62. The predicted octanol–water partition coefficient (Wildman–Crippen LogP) is 4.96. The molecule has 3 N–H and O–H groups in total. The summed E-state index contributed by atoms with van der Waals surface area (Å²) >= 11 is 0. The Bertz CT molecular complexity index is 2210. The van der Waals surface area contributed by atoms with Gasteiger partial charge in [0.1, 0.15) is 22.7 Å². The molecule has 5 heterocycles. The number of aryl methyl sites for hydroxylation is 1. The molecule has 2 bridgehead atoms. The van der Waals surface area contributed by atoms with Gasteiger partial charge in [-0.25, -0.2) is 15.0 Å². The summed E-state index contributed by atoms with van der Waals surface area (Å²) in [4.78, 5) is 42.3. The van der Waals surface area contributed by atoms with Crippen molar-refractivity contribution in [3.63, 3.8) is 0 Å². The monoisotopic (exact) mass is 643 g/mol. The lowest BCUT2D eigenvalue weighted by Crippen LogP contribution is -2.41. The van der Waals surface area contributed by atoms with Crippen LogP contribution in [0, 0.1) is 11.8 Å². The van der Waals surface area contributed by atoms with Gasteiger partial charge >= 0.3 is 0 Å². The van der Waals surface area contributed by atoms with Crippen LogP contribution in [-0.4, -0.2) is 72.4 Å². The average molecular weight is 644 g/mol. The van der Waals surface area contributed by atoms with Gasteiger partial charge in [-0.3, -0.25) is 9.59 Å². The maximum Gasteiger partial charge on any atom is 0.276 e. The highest BCUT2D eigenvalue weighted by molar-refractivity contribution is 6.21. The standard InChI is InChI=1S/C37H37N7O4/c1-18-33(45)24-12-20(6-10-26(24)41-36(18)46)25-9-7-21-14-29(43(34(21)39-25)16-19-4-5-19)35-40-27-13-23(15-30(48-3)32(27)42(35)2)37(47)44-17-22-8-11-28(44)31(22)38/h6-7,9-10,12-15,19-20,22,28,31,45H,4-5,8,11,16-17,38H2,1-3H3/t20?,22?,28?,31-/m1/s1. The van der Waals surface area contributed by atoms with Crippen molar-refractivity contribution in [2.24, 2.45) is 29.6 Å². The molecule has 4 aromatic rings. The third kappa shape index (κ3) is 4.33. The molecular formula is C37H37N7O4. The Morgan fingerprint density at radius 2 is 1.96 bits per heavy atom. The summed E-state index contributed by atoms with van der Waals surface area (Å²) in [5.74, 6) is 1.65. The molecule has 244 valence electrons. The summed E-state index contributed by atoms with van der Waals surface area (Å²) in [6.07, 6.45) is 10.1. The molecule has 3 aromatic heterocycles. The van der Waals surface area contributed by atoms with E-state index in [0.29, 0.717) is 46.5 Å². The topological polar surface area (TPSA) is 141 Å². The van der Waals surface area contributed by atoms with Gasteiger partial charge in [0.05, 0.1) is 35.3 Å². The normalized spacial score (nSPS) is 24.9. The summed E-state index contributed by atoms with van der Waals surface area (Å²) < 4.78 is 10.2. The first kappa shape index (κ1) is 29.1. The zero-order chi connectivity index (χ0) is 33.0. The summed E-state index contributed by atoms with van der Waals surface area (Å²) in [5.41, 5.74) is 12.4. The molecule has 11 heteroatoms. The van der Waals surface area contributed by atoms with Crippen LogP contribution in [0.2, 0.25) is 0 Å².